The normalized spacial score (nSPS) is 18.4. The van der Waals surface area contributed by atoms with Gasteiger partial charge in [-0.15, -0.1) is 0 Å². The summed E-state index contributed by atoms with van der Waals surface area (Å²) in [4.78, 5) is 27.2. The highest BCUT2D eigenvalue weighted by Gasteiger charge is 2.40. The molecule has 1 aromatic heterocycles. The highest BCUT2D eigenvalue weighted by Crippen LogP contribution is 2.44. The molecule has 2 aliphatic rings. The van der Waals surface area contributed by atoms with E-state index < -0.39 is 11.2 Å². The number of pyridine rings is 1. The quantitative estimate of drug-likeness (QED) is 0.692. The standard InChI is InChI=1S/C26H26N2O3/c1-16(2)28-15-21(27-14-13-22(29)25(30)24(27)26(28)31)23-19-9-5-3-7-17(19)11-12-18-8-4-6-10-20(18)23/h3-10,13-14,16,21,23,30H,11-12,15H2,1-2H3/t21-/m1/s1. The molecule has 1 aliphatic heterocycles. The van der Waals surface area contributed by atoms with Crippen LogP contribution in [-0.2, 0) is 12.8 Å². The minimum absolute atomic E-state index is 0.00454. The van der Waals surface area contributed by atoms with Crippen molar-refractivity contribution in [3.8, 4) is 5.75 Å². The predicted molar refractivity (Wildman–Crippen MR) is 120 cm³/mol. The molecule has 0 bridgehead atoms. The number of rotatable bonds is 2. The number of hydrogen-bond acceptors (Lipinski definition) is 3. The molecule has 0 radical (unpaired) electrons. The number of aryl methyl sites for hydroxylation is 2. The first-order chi connectivity index (χ1) is 15.0. The van der Waals surface area contributed by atoms with Crippen molar-refractivity contribution >= 4 is 5.91 Å². The molecular weight excluding hydrogens is 388 g/mol. The van der Waals surface area contributed by atoms with Gasteiger partial charge in [0.2, 0.25) is 5.43 Å². The molecule has 1 atom stereocenters. The summed E-state index contributed by atoms with van der Waals surface area (Å²) in [5, 5.41) is 10.6. The van der Waals surface area contributed by atoms with Gasteiger partial charge in [-0.1, -0.05) is 48.5 Å². The molecule has 1 aliphatic carbocycles. The van der Waals surface area contributed by atoms with E-state index in [1.165, 1.54) is 28.3 Å². The second-order valence-electron chi connectivity index (χ2n) is 8.78. The number of benzene rings is 2. The maximum Gasteiger partial charge on any atom is 0.274 e. The summed E-state index contributed by atoms with van der Waals surface area (Å²) in [6, 6.07) is 18.2. The van der Waals surface area contributed by atoms with E-state index in [0.717, 1.165) is 12.8 Å². The molecule has 0 fully saturated rings. The van der Waals surface area contributed by atoms with Gasteiger partial charge in [0.25, 0.3) is 5.91 Å². The minimum Gasteiger partial charge on any atom is -0.503 e. The molecule has 0 spiro atoms. The van der Waals surface area contributed by atoms with Crippen LogP contribution in [0.4, 0.5) is 0 Å². The topological polar surface area (TPSA) is 62.5 Å². The fourth-order valence-corrected chi connectivity index (χ4v) is 5.23. The monoisotopic (exact) mass is 414 g/mol. The number of hydrogen-bond donors (Lipinski definition) is 1. The molecule has 0 unspecified atom stereocenters. The van der Waals surface area contributed by atoms with E-state index in [-0.39, 0.29) is 29.6 Å². The van der Waals surface area contributed by atoms with Gasteiger partial charge >= 0.3 is 0 Å². The molecule has 1 N–H and O–H groups in total. The number of aromatic hydroxyl groups is 1. The van der Waals surface area contributed by atoms with Gasteiger partial charge in [0, 0.05) is 30.8 Å². The summed E-state index contributed by atoms with van der Waals surface area (Å²) in [5.74, 6) is -0.750. The van der Waals surface area contributed by atoms with Crippen LogP contribution >= 0.6 is 0 Å². The van der Waals surface area contributed by atoms with Gasteiger partial charge < -0.3 is 14.6 Å². The highest BCUT2D eigenvalue weighted by molar-refractivity contribution is 5.96. The van der Waals surface area contributed by atoms with Gasteiger partial charge in [0.1, 0.15) is 0 Å². The third-order valence-corrected chi connectivity index (χ3v) is 6.76. The van der Waals surface area contributed by atoms with E-state index in [2.05, 4.69) is 48.5 Å². The Hall–Kier alpha value is -3.34. The SMILES string of the molecule is CC(C)N1C[C@H](C2c3ccccc3CCc3ccccc32)n2ccc(=O)c(O)c2C1=O. The van der Waals surface area contributed by atoms with Gasteiger partial charge in [-0.2, -0.15) is 0 Å². The van der Waals surface area contributed by atoms with Gasteiger partial charge in [-0.25, -0.2) is 0 Å². The van der Waals surface area contributed by atoms with Crippen LogP contribution in [0, 0.1) is 0 Å². The first-order valence-electron chi connectivity index (χ1n) is 10.9. The van der Waals surface area contributed by atoms with Crippen molar-refractivity contribution in [2.45, 2.75) is 44.7 Å². The van der Waals surface area contributed by atoms with Crippen LogP contribution in [-0.4, -0.2) is 33.1 Å². The molecule has 158 valence electrons. The van der Waals surface area contributed by atoms with Crippen LogP contribution in [0.1, 0.15) is 58.5 Å². The molecular formula is C26H26N2O3. The van der Waals surface area contributed by atoms with Crippen LogP contribution in [0.2, 0.25) is 0 Å². The Morgan fingerprint density at radius 3 is 2.06 bits per heavy atom. The third kappa shape index (κ3) is 3.07. The van der Waals surface area contributed by atoms with Crippen LogP contribution in [0.25, 0.3) is 0 Å². The zero-order valence-electron chi connectivity index (χ0n) is 17.8. The second-order valence-corrected chi connectivity index (χ2v) is 8.78. The summed E-state index contributed by atoms with van der Waals surface area (Å²) in [6.07, 6.45) is 3.60. The summed E-state index contributed by atoms with van der Waals surface area (Å²) in [6.45, 7) is 4.45. The summed E-state index contributed by atoms with van der Waals surface area (Å²) < 4.78 is 1.83. The van der Waals surface area contributed by atoms with E-state index in [1.54, 1.807) is 11.1 Å². The van der Waals surface area contributed by atoms with Crippen LogP contribution < -0.4 is 5.43 Å². The molecule has 2 aromatic carbocycles. The second kappa shape index (κ2) is 7.41. The molecule has 5 nitrogen and oxygen atoms in total. The average molecular weight is 415 g/mol. The van der Waals surface area contributed by atoms with Gasteiger partial charge in [-0.3, -0.25) is 9.59 Å². The molecule has 31 heavy (non-hydrogen) atoms. The van der Waals surface area contributed by atoms with Crippen molar-refractivity contribution in [1.82, 2.24) is 9.47 Å². The zero-order chi connectivity index (χ0) is 21.7. The van der Waals surface area contributed by atoms with Gasteiger partial charge in [-0.05, 0) is 48.9 Å². The maximum absolute atomic E-state index is 13.2. The lowest BCUT2D eigenvalue weighted by Crippen LogP contribution is -2.49. The number of aromatic nitrogens is 1. The van der Waals surface area contributed by atoms with Crippen molar-refractivity contribution in [3.63, 3.8) is 0 Å². The number of fused-ring (bicyclic) bond motifs is 3. The Morgan fingerprint density at radius 2 is 1.48 bits per heavy atom. The lowest BCUT2D eigenvalue weighted by atomic mass is 9.81. The highest BCUT2D eigenvalue weighted by atomic mass is 16.3. The number of carbonyl (C=O) groups is 1. The molecule has 2 heterocycles. The number of amides is 1. The Morgan fingerprint density at radius 1 is 0.903 bits per heavy atom. The summed E-state index contributed by atoms with van der Waals surface area (Å²) in [5.41, 5.74) is 4.69. The average Bonchev–Trinajstić information content (AvgIpc) is 2.93. The number of carbonyl (C=O) groups excluding carboxylic acids is 1. The summed E-state index contributed by atoms with van der Waals surface area (Å²) >= 11 is 0. The van der Waals surface area contributed by atoms with E-state index in [1.807, 2.05) is 18.4 Å². The smallest absolute Gasteiger partial charge is 0.274 e. The Labute approximate surface area is 181 Å². The lowest BCUT2D eigenvalue weighted by Gasteiger charge is -2.42. The van der Waals surface area contributed by atoms with E-state index in [4.69, 9.17) is 0 Å². The predicted octanol–water partition coefficient (Wildman–Crippen LogP) is 3.89. The van der Waals surface area contributed by atoms with Crippen molar-refractivity contribution in [2.24, 2.45) is 0 Å². The molecule has 0 saturated heterocycles. The van der Waals surface area contributed by atoms with Crippen LogP contribution in [0.3, 0.4) is 0 Å². The zero-order valence-corrected chi connectivity index (χ0v) is 17.8. The lowest BCUT2D eigenvalue weighted by molar-refractivity contribution is 0.0588. The van der Waals surface area contributed by atoms with Gasteiger partial charge in [0.15, 0.2) is 11.4 Å². The Balaban J connectivity index is 1.79. The first kappa shape index (κ1) is 19.6. The van der Waals surface area contributed by atoms with Crippen molar-refractivity contribution in [1.29, 1.82) is 0 Å². The summed E-state index contributed by atoms with van der Waals surface area (Å²) in [7, 11) is 0. The molecule has 1 amide bonds. The first-order valence-corrected chi connectivity index (χ1v) is 10.9. The fourth-order valence-electron chi connectivity index (χ4n) is 5.23. The van der Waals surface area contributed by atoms with Crippen LogP contribution in [0.15, 0.2) is 65.6 Å². The molecule has 5 rings (SSSR count). The Bertz CT molecular complexity index is 1180. The molecule has 5 heteroatoms. The van der Waals surface area contributed by atoms with Crippen molar-refractivity contribution in [2.75, 3.05) is 6.54 Å². The van der Waals surface area contributed by atoms with E-state index in [9.17, 15) is 14.7 Å². The third-order valence-electron chi connectivity index (χ3n) is 6.76. The van der Waals surface area contributed by atoms with Gasteiger partial charge in [0.05, 0.1) is 6.04 Å². The molecule has 0 saturated carbocycles. The van der Waals surface area contributed by atoms with E-state index in [0.29, 0.717) is 6.54 Å². The minimum atomic E-state index is -0.523. The Kier molecular flexibility index (Phi) is 4.69. The van der Waals surface area contributed by atoms with Crippen molar-refractivity contribution < 1.29 is 9.90 Å². The van der Waals surface area contributed by atoms with Crippen molar-refractivity contribution in [3.05, 3.63) is 99.0 Å². The molecule has 3 aromatic rings. The number of nitrogens with zero attached hydrogens (tertiary/aromatic N) is 2. The maximum atomic E-state index is 13.2. The van der Waals surface area contributed by atoms with E-state index >= 15 is 0 Å². The fraction of sp³-hybridized carbons (Fsp3) is 0.308. The van der Waals surface area contributed by atoms with Crippen LogP contribution in [0.5, 0.6) is 5.75 Å². The largest absolute Gasteiger partial charge is 0.503 e.